The fourth-order valence-electron chi connectivity index (χ4n) is 3.81. The van der Waals surface area contributed by atoms with Crippen molar-refractivity contribution in [2.75, 3.05) is 39.5 Å². The molecule has 0 aliphatic heterocycles. The number of ether oxygens (including phenoxy) is 3. The summed E-state index contributed by atoms with van der Waals surface area (Å²) in [6, 6.07) is 0. The smallest absolute Gasteiger partial charge is 0.305 e. The average molecular weight is 488 g/mol. The van der Waals surface area contributed by atoms with Gasteiger partial charge in [-0.05, 0) is 32.2 Å². The van der Waals surface area contributed by atoms with Crippen molar-refractivity contribution in [3.05, 3.63) is 0 Å². The van der Waals surface area contributed by atoms with Crippen LogP contribution in [-0.2, 0) is 19.0 Å². The van der Waals surface area contributed by atoms with Crippen molar-refractivity contribution < 1.29 is 24.1 Å². The van der Waals surface area contributed by atoms with Crippen molar-refractivity contribution in [2.24, 2.45) is 0 Å². The normalized spacial score (nSPS) is 11.4. The van der Waals surface area contributed by atoms with Gasteiger partial charge in [0.25, 0.3) is 0 Å². The van der Waals surface area contributed by atoms with Crippen LogP contribution in [0.25, 0.3) is 0 Å². The SMILES string of the molecule is CCCCCCCCOC(CCC(=O)OCCCCCCNCCO)OCCCCCCCC. The Labute approximate surface area is 210 Å². The van der Waals surface area contributed by atoms with Gasteiger partial charge in [0.05, 0.1) is 19.6 Å². The summed E-state index contributed by atoms with van der Waals surface area (Å²) in [4.78, 5) is 12.1. The minimum absolute atomic E-state index is 0.152. The van der Waals surface area contributed by atoms with Crippen LogP contribution in [0.15, 0.2) is 0 Å². The Bertz CT molecular complexity index is 390. The minimum Gasteiger partial charge on any atom is -0.466 e. The molecule has 0 fully saturated rings. The number of unbranched alkanes of at least 4 members (excludes halogenated alkanes) is 13. The van der Waals surface area contributed by atoms with Gasteiger partial charge >= 0.3 is 5.97 Å². The Morgan fingerprint density at radius 1 is 0.676 bits per heavy atom. The zero-order valence-electron chi connectivity index (χ0n) is 22.6. The molecule has 34 heavy (non-hydrogen) atoms. The van der Waals surface area contributed by atoms with E-state index < -0.39 is 0 Å². The van der Waals surface area contributed by atoms with E-state index in [0.29, 0.717) is 39.2 Å². The van der Waals surface area contributed by atoms with Gasteiger partial charge in [-0.1, -0.05) is 90.9 Å². The molecule has 204 valence electrons. The van der Waals surface area contributed by atoms with Crippen LogP contribution < -0.4 is 5.32 Å². The second-order valence-electron chi connectivity index (χ2n) is 9.35. The first-order valence-electron chi connectivity index (χ1n) is 14.4. The molecule has 0 bridgehead atoms. The molecular formula is C28H57NO5. The molecule has 0 saturated carbocycles. The number of carbonyl (C=O) groups excluding carboxylic acids is 1. The fraction of sp³-hybridized carbons (Fsp3) is 0.964. The Kier molecular flexibility index (Phi) is 28.0. The van der Waals surface area contributed by atoms with E-state index >= 15 is 0 Å². The monoisotopic (exact) mass is 487 g/mol. The summed E-state index contributed by atoms with van der Waals surface area (Å²) in [5, 5.41) is 11.9. The van der Waals surface area contributed by atoms with E-state index in [1.54, 1.807) is 0 Å². The number of hydrogen-bond acceptors (Lipinski definition) is 6. The summed E-state index contributed by atoms with van der Waals surface area (Å²) in [7, 11) is 0. The molecule has 0 radical (unpaired) electrons. The lowest BCUT2D eigenvalue weighted by atomic mass is 10.1. The van der Waals surface area contributed by atoms with Crippen molar-refractivity contribution in [3.8, 4) is 0 Å². The Hall–Kier alpha value is -0.690. The first kappa shape index (κ1) is 33.3. The number of rotatable bonds is 28. The molecule has 0 aliphatic carbocycles. The van der Waals surface area contributed by atoms with E-state index in [0.717, 1.165) is 45.1 Å². The molecule has 0 atom stereocenters. The standard InChI is InChI=1S/C28H57NO5/c1-3-5-7-9-12-17-25-33-28(34-26-18-13-10-8-6-4-2)20-19-27(31)32-24-16-14-11-15-21-29-22-23-30/h28-30H,3-26H2,1-2H3. The van der Waals surface area contributed by atoms with Crippen LogP contribution in [0.2, 0.25) is 0 Å². The second kappa shape index (κ2) is 28.5. The van der Waals surface area contributed by atoms with Crippen molar-refractivity contribution >= 4 is 5.97 Å². The number of carbonyl (C=O) groups is 1. The minimum atomic E-state index is -0.301. The lowest BCUT2D eigenvalue weighted by Gasteiger charge is -2.18. The van der Waals surface area contributed by atoms with Crippen LogP contribution in [-0.4, -0.2) is 56.9 Å². The summed E-state index contributed by atoms with van der Waals surface area (Å²) in [6.45, 7) is 8.14. The van der Waals surface area contributed by atoms with Gasteiger partial charge in [0, 0.05) is 26.2 Å². The molecule has 0 aliphatic rings. The van der Waals surface area contributed by atoms with Gasteiger partial charge in [-0.25, -0.2) is 0 Å². The van der Waals surface area contributed by atoms with E-state index in [4.69, 9.17) is 19.3 Å². The number of nitrogens with one attached hydrogen (secondary N) is 1. The van der Waals surface area contributed by atoms with Gasteiger partial charge in [0.15, 0.2) is 6.29 Å². The van der Waals surface area contributed by atoms with Crippen LogP contribution >= 0.6 is 0 Å². The molecule has 6 heteroatoms. The van der Waals surface area contributed by atoms with Crippen molar-refractivity contribution in [1.82, 2.24) is 5.32 Å². The van der Waals surface area contributed by atoms with Gasteiger partial charge in [0.2, 0.25) is 0 Å². The zero-order chi connectivity index (χ0) is 25.0. The summed E-state index contributed by atoms with van der Waals surface area (Å²) < 4.78 is 17.4. The molecule has 0 rings (SSSR count). The van der Waals surface area contributed by atoms with E-state index in [2.05, 4.69) is 19.2 Å². The van der Waals surface area contributed by atoms with Crippen molar-refractivity contribution in [3.63, 3.8) is 0 Å². The Morgan fingerprint density at radius 3 is 1.74 bits per heavy atom. The molecule has 0 spiro atoms. The molecular weight excluding hydrogens is 430 g/mol. The first-order chi connectivity index (χ1) is 16.7. The number of aliphatic hydroxyl groups excluding tert-OH is 1. The first-order valence-corrected chi connectivity index (χ1v) is 14.4. The molecule has 0 aromatic rings. The van der Waals surface area contributed by atoms with Gasteiger partial charge in [-0.2, -0.15) is 0 Å². The third-order valence-corrected chi connectivity index (χ3v) is 5.99. The van der Waals surface area contributed by atoms with Gasteiger partial charge < -0.3 is 24.6 Å². The third kappa shape index (κ3) is 25.9. The highest BCUT2D eigenvalue weighted by atomic mass is 16.7. The maximum atomic E-state index is 12.1. The predicted molar refractivity (Wildman–Crippen MR) is 141 cm³/mol. The second-order valence-corrected chi connectivity index (χ2v) is 9.35. The van der Waals surface area contributed by atoms with Gasteiger partial charge in [-0.15, -0.1) is 0 Å². The summed E-state index contributed by atoms with van der Waals surface area (Å²) >= 11 is 0. The average Bonchev–Trinajstić information content (AvgIpc) is 2.84. The topological polar surface area (TPSA) is 77.0 Å². The summed E-state index contributed by atoms with van der Waals surface area (Å²) in [5.74, 6) is -0.152. The summed E-state index contributed by atoms with van der Waals surface area (Å²) in [6.07, 6.45) is 19.6. The quantitative estimate of drug-likeness (QED) is 0.0742. The Balaban J connectivity index is 3.95. The van der Waals surface area contributed by atoms with Crippen LogP contribution in [0.1, 0.15) is 129 Å². The zero-order valence-corrected chi connectivity index (χ0v) is 22.6. The highest BCUT2D eigenvalue weighted by Gasteiger charge is 2.13. The third-order valence-electron chi connectivity index (χ3n) is 5.99. The fourth-order valence-corrected chi connectivity index (χ4v) is 3.81. The van der Waals surface area contributed by atoms with Crippen LogP contribution in [0.5, 0.6) is 0 Å². The highest BCUT2D eigenvalue weighted by molar-refractivity contribution is 5.69. The predicted octanol–water partition coefficient (Wildman–Crippen LogP) is 6.53. The molecule has 0 heterocycles. The van der Waals surface area contributed by atoms with Crippen LogP contribution in [0.3, 0.4) is 0 Å². The molecule has 0 aromatic carbocycles. The van der Waals surface area contributed by atoms with E-state index in [1.807, 2.05) is 0 Å². The summed E-state index contributed by atoms with van der Waals surface area (Å²) in [5.41, 5.74) is 0. The molecule has 6 nitrogen and oxygen atoms in total. The molecule has 2 N–H and O–H groups in total. The van der Waals surface area contributed by atoms with Crippen LogP contribution in [0.4, 0.5) is 0 Å². The highest BCUT2D eigenvalue weighted by Crippen LogP contribution is 2.12. The molecule has 0 amide bonds. The number of hydrogen-bond donors (Lipinski definition) is 2. The lowest BCUT2D eigenvalue weighted by molar-refractivity contribution is -0.159. The van der Waals surface area contributed by atoms with E-state index in [-0.39, 0.29) is 18.9 Å². The maximum absolute atomic E-state index is 12.1. The molecule has 0 aromatic heterocycles. The van der Waals surface area contributed by atoms with Crippen LogP contribution in [0, 0.1) is 0 Å². The number of aliphatic hydroxyl groups is 1. The molecule has 0 unspecified atom stereocenters. The van der Waals surface area contributed by atoms with E-state index in [9.17, 15) is 4.79 Å². The molecule has 0 saturated heterocycles. The van der Waals surface area contributed by atoms with Crippen molar-refractivity contribution in [2.45, 2.75) is 136 Å². The van der Waals surface area contributed by atoms with Crippen molar-refractivity contribution in [1.29, 1.82) is 0 Å². The van der Waals surface area contributed by atoms with Gasteiger partial charge in [-0.3, -0.25) is 4.79 Å². The largest absolute Gasteiger partial charge is 0.466 e. The van der Waals surface area contributed by atoms with Gasteiger partial charge in [0.1, 0.15) is 0 Å². The Morgan fingerprint density at radius 2 is 1.18 bits per heavy atom. The lowest BCUT2D eigenvalue weighted by Crippen LogP contribution is -2.21. The van der Waals surface area contributed by atoms with E-state index in [1.165, 1.54) is 64.2 Å². The maximum Gasteiger partial charge on any atom is 0.305 e. The number of esters is 1.